The van der Waals surface area contributed by atoms with Crippen LogP contribution in [0.4, 0.5) is 4.79 Å². The summed E-state index contributed by atoms with van der Waals surface area (Å²) in [5.41, 5.74) is 0. The molecule has 0 heterocycles. The number of nitrogens with one attached hydrogen (secondary N) is 1. The summed E-state index contributed by atoms with van der Waals surface area (Å²) in [5.74, 6) is -0.842. The first-order chi connectivity index (χ1) is 8.73. The summed E-state index contributed by atoms with van der Waals surface area (Å²) in [6.07, 6.45) is 0.0617. The zero-order valence-electron chi connectivity index (χ0n) is 12.5. The van der Waals surface area contributed by atoms with Crippen molar-refractivity contribution in [1.29, 1.82) is 0 Å². The summed E-state index contributed by atoms with van der Waals surface area (Å²) in [6, 6.07) is -0.634. The van der Waals surface area contributed by atoms with E-state index in [2.05, 4.69) is 5.32 Å². The standard InChI is InChI=1S/C13H26N2O4/c1-9(2)11(8-12(16)17)14-13(18)15(5)6-7-19-10(3)4/h9-11H,6-8H2,1-5H3,(H,14,18)(H,16,17). The second-order valence-electron chi connectivity index (χ2n) is 5.24. The number of hydrogen-bond donors (Lipinski definition) is 2. The first-order valence-electron chi connectivity index (χ1n) is 6.59. The molecule has 0 aliphatic carbocycles. The van der Waals surface area contributed by atoms with Gasteiger partial charge in [0, 0.05) is 19.6 Å². The second kappa shape index (κ2) is 8.74. The van der Waals surface area contributed by atoms with Crippen LogP contribution in [0.3, 0.4) is 0 Å². The Kier molecular flexibility index (Phi) is 8.14. The van der Waals surface area contributed by atoms with Gasteiger partial charge < -0.3 is 20.1 Å². The number of urea groups is 1. The summed E-state index contributed by atoms with van der Waals surface area (Å²) < 4.78 is 5.36. The molecule has 0 aromatic rings. The summed E-state index contributed by atoms with van der Waals surface area (Å²) in [6.45, 7) is 8.57. The maximum absolute atomic E-state index is 11.9. The number of carboxylic acid groups (broad SMARTS) is 1. The van der Waals surface area contributed by atoms with Gasteiger partial charge in [0.2, 0.25) is 0 Å². The van der Waals surface area contributed by atoms with Crippen molar-refractivity contribution in [3.63, 3.8) is 0 Å². The minimum absolute atomic E-state index is 0.0697. The van der Waals surface area contributed by atoms with Crippen LogP contribution >= 0.6 is 0 Å². The van der Waals surface area contributed by atoms with Gasteiger partial charge in [0.05, 0.1) is 19.1 Å². The van der Waals surface area contributed by atoms with Crippen molar-refractivity contribution < 1.29 is 19.4 Å². The van der Waals surface area contributed by atoms with Crippen LogP contribution < -0.4 is 5.32 Å². The first kappa shape index (κ1) is 17.7. The Morgan fingerprint density at radius 1 is 1.26 bits per heavy atom. The average Bonchev–Trinajstić information content (AvgIpc) is 2.26. The van der Waals surface area contributed by atoms with Gasteiger partial charge in [-0.25, -0.2) is 4.79 Å². The van der Waals surface area contributed by atoms with Crippen molar-refractivity contribution in [2.75, 3.05) is 20.2 Å². The molecular formula is C13H26N2O4. The monoisotopic (exact) mass is 274 g/mol. The fraction of sp³-hybridized carbons (Fsp3) is 0.846. The molecule has 0 aliphatic rings. The van der Waals surface area contributed by atoms with Crippen molar-refractivity contribution in [3.8, 4) is 0 Å². The average molecular weight is 274 g/mol. The van der Waals surface area contributed by atoms with Gasteiger partial charge in [-0.15, -0.1) is 0 Å². The molecule has 0 radical (unpaired) electrons. The Balaban J connectivity index is 4.19. The van der Waals surface area contributed by atoms with E-state index >= 15 is 0 Å². The van der Waals surface area contributed by atoms with Crippen LogP contribution in [-0.2, 0) is 9.53 Å². The van der Waals surface area contributed by atoms with E-state index in [1.807, 2.05) is 27.7 Å². The van der Waals surface area contributed by atoms with Gasteiger partial charge in [-0.3, -0.25) is 4.79 Å². The molecule has 0 bridgehead atoms. The van der Waals surface area contributed by atoms with E-state index in [0.717, 1.165) is 0 Å². The Labute approximate surface area is 115 Å². The van der Waals surface area contributed by atoms with Crippen LogP contribution in [-0.4, -0.2) is 54.4 Å². The van der Waals surface area contributed by atoms with Crippen LogP contribution in [0.25, 0.3) is 0 Å². The largest absolute Gasteiger partial charge is 0.481 e. The molecule has 0 saturated carbocycles. The third-order valence-corrected chi connectivity index (χ3v) is 2.73. The normalized spacial score (nSPS) is 12.6. The third kappa shape index (κ3) is 8.42. The van der Waals surface area contributed by atoms with Gasteiger partial charge in [0.1, 0.15) is 0 Å². The van der Waals surface area contributed by atoms with E-state index in [1.165, 1.54) is 4.90 Å². The highest BCUT2D eigenvalue weighted by Crippen LogP contribution is 2.06. The van der Waals surface area contributed by atoms with Crippen LogP contribution in [0.2, 0.25) is 0 Å². The van der Waals surface area contributed by atoms with E-state index < -0.39 is 5.97 Å². The third-order valence-electron chi connectivity index (χ3n) is 2.73. The summed E-state index contributed by atoms with van der Waals surface area (Å²) in [5, 5.41) is 11.5. The number of likely N-dealkylation sites (N-methyl/N-ethyl adjacent to an activating group) is 1. The smallest absolute Gasteiger partial charge is 0.317 e. The molecule has 0 saturated heterocycles. The number of ether oxygens (including phenoxy) is 1. The Morgan fingerprint density at radius 2 is 1.84 bits per heavy atom. The van der Waals surface area contributed by atoms with E-state index in [9.17, 15) is 9.59 Å². The van der Waals surface area contributed by atoms with Crippen LogP contribution in [0.15, 0.2) is 0 Å². The highest BCUT2D eigenvalue weighted by molar-refractivity contribution is 5.75. The fourth-order valence-corrected chi connectivity index (χ4v) is 1.44. The van der Waals surface area contributed by atoms with Crippen molar-refractivity contribution in [1.82, 2.24) is 10.2 Å². The maximum atomic E-state index is 11.9. The molecule has 112 valence electrons. The second-order valence-corrected chi connectivity index (χ2v) is 5.24. The lowest BCUT2D eigenvalue weighted by Gasteiger charge is -2.25. The molecule has 0 aromatic carbocycles. The van der Waals surface area contributed by atoms with E-state index in [1.54, 1.807) is 7.05 Å². The molecule has 0 aromatic heterocycles. The molecule has 6 heteroatoms. The molecule has 0 rings (SSSR count). The molecule has 0 aliphatic heterocycles. The van der Waals surface area contributed by atoms with Crippen molar-refractivity contribution in [3.05, 3.63) is 0 Å². The first-order valence-corrected chi connectivity index (χ1v) is 6.59. The number of carbonyl (C=O) groups excluding carboxylic acids is 1. The molecule has 1 atom stereocenters. The number of hydrogen-bond acceptors (Lipinski definition) is 3. The minimum Gasteiger partial charge on any atom is -0.481 e. The predicted molar refractivity (Wildman–Crippen MR) is 73.1 cm³/mol. The lowest BCUT2D eigenvalue weighted by molar-refractivity contribution is -0.137. The van der Waals surface area contributed by atoms with E-state index in [-0.39, 0.29) is 30.5 Å². The van der Waals surface area contributed by atoms with E-state index in [0.29, 0.717) is 13.2 Å². The predicted octanol–water partition coefficient (Wildman–Crippen LogP) is 1.55. The Morgan fingerprint density at radius 3 is 2.26 bits per heavy atom. The zero-order chi connectivity index (χ0) is 15.0. The number of rotatable bonds is 8. The van der Waals surface area contributed by atoms with Crippen molar-refractivity contribution in [2.45, 2.75) is 46.3 Å². The van der Waals surface area contributed by atoms with Crippen LogP contribution in [0, 0.1) is 5.92 Å². The summed E-state index contributed by atoms with van der Waals surface area (Å²) in [7, 11) is 1.66. The highest BCUT2D eigenvalue weighted by Gasteiger charge is 2.20. The summed E-state index contributed by atoms with van der Waals surface area (Å²) >= 11 is 0. The molecule has 2 N–H and O–H groups in total. The molecular weight excluding hydrogens is 248 g/mol. The summed E-state index contributed by atoms with van der Waals surface area (Å²) in [4.78, 5) is 24.1. The van der Waals surface area contributed by atoms with Crippen molar-refractivity contribution >= 4 is 12.0 Å². The maximum Gasteiger partial charge on any atom is 0.317 e. The molecule has 19 heavy (non-hydrogen) atoms. The molecule has 0 fully saturated rings. The quantitative estimate of drug-likeness (QED) is 0.704. The molecule has 1 unspecified atom stereocenters. The van der Waals surface area contributed by atoms with Gasteiger partial charge >= 0.3 is 12.0 Å². The van der Waals surface area contributed by atoms with Gasteiger partial charge in [-0.2, -0.15) is 0 Å². The molecule has 6 nitrogen and oxygen atoms in total. The van der Waals surface area contributed by atoms with Crippen molar-refractivity contribution in [2.24, 2.45) is 5.92 Å². The lowest BCUT2D eigenvalue weighted by atomic mass is 10.0. The zero-order valence-corrected chi connectivity index (χ0v) is 12.5. The SMILES string of the molecule is CC(C)OCCN(C)C(=O)NC(CC(=O)O)C(C)C. The lowest BCUT2D eigenvalue weighted by Crippen LogP contribution is -2.47. The fourth-order valence-electron chi connectivity index (χ4n) is 1.44. The minimum atomic E-state index is -0.912. The van der Waals surface area contributed by atoms with Gasteiger partial charge in [0.25, 0.3) is 0 Å². The number of nitrogens with zero attached hydrogens (tertiary/aromatic N) is 1. The van der Waals surface area contributed by atoms with Gasteiger partial charge in [-0.1, -0.05) is 13.8 Å². The number of carboxylic acids is 1. The Bertz CT molecular complexity index is 292. The Hall–Kier alpha value is -1.30. The van der Waals surface area contributed by atoms with E-state index in [4.69, 9.17) is 9.84 Å². The van der Waals surface area contributed by atoms with Crippen LogP contribution in [0.1, 0.15) is 34.1 Å². The number of amides is 2. The number of aliphatic carboxylic acids is 1. The molecule has 2 amide bonds. The molecule has 0 spiro atoms. The van der Waals surface area contributed by atoms with Gasteiger partial charge in [0.15, 0.2) is 0 Å². The highest BCUT2D eigenvalue weighted by atomic mass is 16.5. The van der Waals surface area contributed by atoms with Gasteiger partial charge in [-0.05, 0) is 19.8 Å². The topological polar surface area (TPSA) is 78.9 Å². The number of carbonyl (C=O) groups is 2. The van der Waals surface area contributed by atoms with Crippen LogP contribution in [0.5, 0.6) is 0 Å².